The summed E-state index contributed by atoms with van der Waals surface area (Å²) in [6.07, 6.45) is 5.31. The van der Waals surface area contributed by atoms with E-state index in [0.717, 1.165) is 43.6 Å². The molecule has 0 unspecified atom stereocenters. The van der Waals surface area contributed by atoms with Gasteiger partial charge in [-0.25, -0.2) is 0 Å². The van der Waals surface area contributed by atoms with Crippen LogP contribution in [0.25, 0.3) is 0 Å². The number of aryl methyl sites for hydroxylation is 1. The van der Waals surface area contributed by atoms with E-state index >= 15 is 0 Å². The van der Waals surface area contributed by atoms with Crippen LogP contribution in [0.4, 0.5) is 0 Å². The summed E-state index contributed by atoms with van der Waals surface area (Å²) in [6, 6.07) is 0. The molecule has 114 valence electrons. The number of aliphatic hydroxyl groups is 2. The molecule has 0 aromatic carbocycles. The van der Waals surface area contributed by atoms with Crippen molar-refractivity contribution in [3.63, 3.8) is 0 Å². The van der Waals surface area contributed by atoms with Crippen molar-refractivity contribution in [3.8, 4) is 0 Å². The minimum atomic E-state index is -0.527. The number of rotatable bonds is 6. The molecule has 0 saturated heterocycles. The molecule has 0 bridgehead atoms. The van der Waals surface area contributed by atoms with E-state index in [-0.39, 0.29) is 6.61 Å². The molecule has 2 rings (SSSR count). The van der Waals surface area contributed by atoms with Crippen molar-refractivity contribution in [1.82, 2.24) is 15.1 Å². The molecule has 0 radical (unpaired) electrons. The minimum absolute atomic E-state index is 0.106. The topological polar surface area (TPSA) is 70.3 Å². The van der Waals surface area contributed by atoms with Crippen LogP contribution in [-0.2, 0) is 13.1 Å². The Kier molecular flexibility index (Phi) is 5.18. The van der Waals surface area contributed by atoms with Crippen LogP contribution < -0.4 is 5.32 Å². The van der Waals surface area contributed by atoms with Crippen molar-refractivity contribution in [2.24, 2.45) is 0 Å². The van der Waals surface area contributed by atoms with Gasteiger partial charge >= 0.3 is 0 Å². The SMILES string of the molecule is Cc1nn(CCO)c(C)c1CNCC1(O)CCCCC1. The van der Waals surface area contributed by atoms with E-state index in [1.807, 2.05) is 18.5 Å². The van der Waals surface area contributed by atoms with Crippen LogP contribution in [0.1, 0.15) is 49.1 Å². The fraction of sp³-hybridized carbons (Fsp3) is 0.800. The Hall–Kier alpha value is -0.910. The summed E-state index contributed by atoms with van der Waals surface area (Å²) < 4.78 is 1.85. The quantitative estimate of drug-likeness (QED) is 0.734. The van der Waals surface area contributed by atoms with Crippen LogP contribution in [0.2, 0.25) is 0 Å². The van der Waals surface area contributed by atoms with Crippen molar-refractivity contribution in [1.29, 1.82) is 0 Å². The van der Waals surface area contributed by atoms with Gasteiger partial charge in [-0.1, -0.05) is 19.3 Å². The van der Waals surface area contributed by atoms with Crippen LogP contribution in [0, 0.1) is 13.8 Å². The predicted octanol–water partition coefficient (Wildman–Crippen LogP) is 1.28. The largest absolute Gasteiger partial charge is 0.394 e. The summed E-state index contributed by atoms with van der Waals surface area (Å²) in [5, 5.41) is 27.3. The van der Waals surface area contributed by atoms with Crippen molar-refractivity contribution < 1.29 is 10.2 Å². The van der Waals surface area contributed by atoms with Crippen molar-refractivity contribution in [2.75, 3.05) is 13.2 Å². The fourth-order valence-electron chi connectivity index (χ4n) is 3.11. The maximum Gasteiger partial charge on any atom is 0.0771 e. The summed E-state index contributed by atoms with van der Waals surface area (Å²) in [4.78, 5) is 0. The maximum atomic E-state index is 10.5. The average molecular weight is 281 g/mol. The van der Waals surface area contributed by atoms with Crippen LogP contribution >= 0.6 is 0 Å². The molecule has 1 aliphatic rings. The molecule has 1 heterocycles. The molecular weight excluding hydrogens is 254 g/mol. The molecule has 1 aromatic rings. The second-order valence-corrected chi connectivity index (χ2v) is 5.98. The Morgan fingerprint density at radius 3 is 2.60 bits per heavy atom. The lowest BCUT2D eigenvalue weighted by Crippen LogP contribution is -2.42. The van der Waals surface area contributed by atoms with Gasteiger partial charge < -0.3 is 15.5 Å². The predicted molar refractivity (Wildman–Crippen MR) is 78.5 cm³/mol. The molecule has 0 amide bonds. The molecular formula is C15H27N3O2. The van der Waals surface area contributed by atoms with Gasteiger partial charge in [-0.05, 0) is 26.7 Å². The highest BCUT2D eigenvalue weighted by atomic mass is 16.3. The van der Waals surface area contributed by atoms with Crippen LogP contribution in [-0.4, -0.2) is 38.7 Å². The van der Waals surface area contributed by atoms with Crippen LogP contribution in [0.3, 0.4) is 0 Å². The Morgan fingerprint density at radius 1 is 1.25 bits per heavy atom. The molecule has 3 N–H and O–H groups in total. The smallest absolute Gasteiger partial charge is 0.0771 e. The number of nitrogens with one attached hydrogen (secondary N) is 1. The first-order chi connectivity index (χ1) is 9.56. The van der Waals surface area contributed by atoms with Gasteiger partial charge in [0.25, 0.3) is 0 Å². The van der Waals surface area contributed by atoms with E-state index < -0.39 is 5.60 Å². The molecule has 0 atom stereocenters. The third kappa shape index (κ3) is 3.59. The highest BCUT2D eigenvalue weighted by molar-refractivity contribution is 5.24. The lowest BCUT2D eigenvalue weighted by atomic mass is 9.85. The molecule has 1 aliphatic carbocycles. The van der Waals surface area contributed by atoms with Crippen LogP contribution in [0.15, 0.2) is 0 Å². The lowest BCUT2D eigenvalue weighted by Gasteiger charge is -2.32. The first-order valence-corrected chi connectivity index (χ1v) is 7.62. The van der Waals surface area contributed by atoms with Gasteiger partial charge in [-0.15, -0.1) is 0 Å². The first kappa shape index (κ1) is 15.5. The van der Waals surface area contributed by atoms with E-state index in [4.69, 9.17) is 5.11 Å². The monoisotopic (exact) mass is 281 g/mol. The Morgan fingerprint density at radius 2 is 1.95 bits per heavy atom. The van der Waals surface area contributed by atoms with E-state index in [9.17, 15) is 5.11 Å². The minimum Gasteiger partial charge on any atom is -0.394 e. The highest BCUT2D eigenvalue weighted by Gasteiger charge is 2.28. The summed E-state index contributed by atoms with van der Waals surface area (Å²) in [5.41, 5.74) is 2.75. The van der Waals surface area contributed by atoms with Gasteiger partial charge in [-0.3, -0.25) is 4.68 Å². The highest BCUT2D eigenvalue weighted by Crippen LogP contribution is 2.27. The molecule has 1 saturated carbocycles. The second kappa shape index (κ2) is 6.70. The van der Waals surface area contributed by atoms with Gasteiger partial charge in [-0.2, -0.15) is 5.10 Å². The Balaban J connectivity index is 1.90. The second-order valence-electron chi connectivity index (χ2n) is 5.98. The molecule has 5 nitrogen and oxygen atoms in total. The summed E-state index contributed by atoms with van der Waals surface area (Å²) >= 11 is 0. The molecule has 20 heavy (non-hydrogen) atoms. The lowest BCUT2D eigenvalue weighted by molar-refractivity contribution is 0.00465. The number of aliphatic hydroxyl groups excluding tert-OH is 1. The zero-order valence-corrected chi connectivity index (χ0v) is 12.7. The standard InChI is InChI=1S/C15H27N3O2/c1-12-14(13(2)18(17-12)8-9-19)10-16-11-15(20)6-4-3-5-7-15/h16,19-20H,3-11H2,1-2H3. The zero-order valence-electron chi connectivity index (χ0n) is 12.7. The number of hydrogen-bond donors (Lipinski definition) is 3. The number of aromatic nitrogens is 2. The van der Waals surface area contributed by atoms with Crippen molar-refractivity contribution in [2.45, 2.75) is 64.6 Å². The van der Waals surface area contributed by atoms with Gasteiger partial charge in [0.1, 0.15) is 0 Å². The number of hydrogen-bond acceptors (Lipinski definition) is 4. The Labute approximate surface area is 121 Å². The van der Waals surface area contributed by atoms with E-state index in [0.29, 0.717) is 13.1 Å². The third-order valence-corrected chi connectivity index (χ3v) is 4.38. The zero-order chi connectivity index (χ0) is 14.6. The average Bonchev–Trinajstić information content (AvgIpc) is 2.67. The number of nitrogens with zero attached hydrogens (tertiary/aromatic N) is 2. The van der Waals surface area contributed by atoms with Gasteiger partial charge in [0.05, 0.1) is 24.4 Å². The Bertz CT molecular complexity index is 437. The summed E-state index contributed by atoms with van der Waals surface area (Å²) in [7, 11) is 0. The molecule has 5 heteroatoms. The fourth-order valence-corrected chi connectivity index (χ4v) is 3.11. The first-order valence-electron chi connectivity index (χ1n) is 7.62. The third-order valence-electron chi connectivity index (χ3n) is 4.38. The van der Waals surface area contributed by atoms with Crippen molar-refractivity contribution >= 4 is 0 Å². The van der Waals surface area contributed by atoms with Gasteiger partial charge in [0.2, 0.25) is 0 Å². The van der Waals surface area contributed by atoms with E-state index in [2.05, 4.69) is 10.4 Å². The molecule has 1 fully saturated rings. The maximum absolute atomic E-state index is 10.5. The molecule has 1 aromatic heterocycles. The molecule has 0 spiro atoms. The summed E-state index contributed by atoms with van der Waals surface area (Å²) in [5.74, 6) is 0. The van der Waals surface area contributed by atoms with Crippen LogP contribution in [0.5, 0.6) is 0 Å². The van der Waals surface area contributed by atoms with Gasteiger partial charge in [0.15, 0.2) is 0 Å². The van der Waals surface area contributed by atoms with Crippen molar-refractivity contribution in [3.05, 3.63) is 17.0 Å². The van der Waals surface area contributed by atoms with Gasteiger partial charge in [0, 0.05) is 24.3 Å². The van der Waals surface area contributed by atoms with E-state index in [1.54, 1.807) is 0 Å². The normalized spacial score (nSPS) is 18.4. The summed E-state index contributed by atoms with van der Waals surface area (Å²) in [6.45, 7) is 6.04. The molecule has 0 aliphatic heterocycles. The van der Waals surface area contributed by atoms with E-state index in [1.165, 1.54) is 12.0 Å².